The first-order valence-corrected chi connectivity index (χ1v) is 10.8. The molecular weight excluding hydrogens is 400 g/mol. The standard InChI is InChI=1S/C27H28N2O3/c1-4-29(26(30)18-32-22-13-9-19(2)10-14-22)27(20-11-15-21(31-3)16-12-20)24-17-28-25-8-6-5-7-23(24)25/h5-17,27-28H,4,18H2,1-3H3. The van der Waals surface area contributed by atoms with Gasteiger partial charge in [0, 0.05) is 29.2 Å². The number of para-hydroxylation sites is 1. The minimum absolute atomic E-state index is 0.0219. The van der Waals surface area contributed by atoms with Gasteiger partial charge in [-0.15, -0.1) is 0 Å². The number of hydrogen-bond donors (Lipinski definition) is 1. The average Bonchev–Trinajstić information content (AvgIpc) is 3.26. The molecule has 1 atom stereocenters. The molecule has 5 nitrogen and oxygen atoms in total. The van der Waals surface area contributed by atoms with Crippen LogP contribution in [-0.2, 0) is 4.79 Å². The highest BCUT2D eigenvalue weighted by Gasteiger charge is 2.28. The number of methoxy groups -OCH3 is 1. The van der Waals surface area contributed by atoms with Crippen LogP contribution in [0.15, 0.2) is 79.0 Å². The van der Waals surface area contributed by atoms with Gasteiger partial charge >= 0.3 is 0 Å². The number of aryl methyl sites for hydroxylation is 1. The number of hydrogen-bond acceptors (Lipinski definition) is 3. The predicted octanol–water partition coefficient (Wildman–Crippen LogP) is 5.50. The van der Waals surface area contributed by atoms with Crippen LogP contribution in [0, 0.1) is 6.92 Å². The Morgan fingerprint density at radius 3 is 2.34 bits per heavy atom. The highest BCUT2D eigenvalue weighted by molar-refractivity contribution is 5.86. The summed E-state index contributed by atoms with van der Waals surface area (Å²) in [7, 11) is 1.65. The van der Waals surface area contributed by atoms with Crippen LogP contribution in [0.25, 0.3) is 10.9 Å². The Kier molecular flexibility index (Phi) is 6.45. The van der Waals surface area contributed by atoms with Crippen LogP contribution >= 0.6 is 0 Å². The summed E-state index contributed by atoms with van der Waals surface area (Å²) in [4.78, 5) is 18.6. The maximum atomic E-state index is 13.3. The van der Waals surface area contributed by atoms with Gasteiger partial charge < -0.3 is 19.4 Å². The molecule has 1 amide bonds. The van der Waals surface area contributed by atoms with Crippen LogP contribution in [0.5, 0.6) is 11.5 Å². The summed E-state index contributed by atoms with van der Waals surface area (Å²) in [6.45, 7) is 4.54. The van der Waals surface area contributed by atoms with Crippen molar-refractivity contribution in [2.24, 2.45) is 0 Å². The highest BCUT2D eigenvalue weighted by atomic mass is 16.5. The smallest absolute Gasteiger partial charge is 0.261 e. The van der Waals surface area contributed by atoms with Crippen molar-refractivity contribution in [2.75, 3.05) is 20.3 Å². The van der Waals surface area contributed by atoms with Crippen molar-refractivity contribution in [2.45, 2.75) is 19.9 Å². The van der Waals surface area contributed by atoms with Gasteiger partial charge in [-0.05, 0) is 49.7 Å². The Hall–Kier alpha value is -3.73. The molecule has 0 radical (unpaired) electrons. The first-order chi connectivity index (χ1) is 15.6. The van der Waals surface area contributed by atoms with Gasteiger partial charge in [0.1, 0.15) is 11.5 Å². The van der Waals surface area contributed by atoms with Crippen molar-refractivity contribution in [1.29, 1.82) is 0 Å². The molecule has 1 unspecified atom stereocenters. The molecule has 0 spiro atoms. The Morgan fingerprint density at radius 2 is 1.66 bits per heavy atom. The van der Waals surface area contributed by atoms with Crippen LogP contribution in [-0.4, -0.2) is 36.1 Å². The van der Waals surface area contributed by atoms with E-state index < -0.39 is 0 Å². The number of H-pyrrole nitrogens is 1. The first kappa shape index (κ1) is 21.5. The highest BCUT2D eigenvalue weighted by Crippen LogP contribution is 2.34. The van der Waals surface area contributed by atoms with Gasteiger partial charge in [-0.3, -0.25) is 4.79 Å². The number of aromatic amines is 1. The molecular formula is C27H28N2O3. The molecule has 4 rings (SSSR count). The predicted molar refractivity (Wildman–Crippen MR) is 127 cm³/mol. The van der Waals surface area contributed by atoms with Gasteiger partial charge in [0.05, 0.1) is 13.2 Å². The number of carbonyl (C=O) groups is 1. The number of amides is 1. The monoisotopic (exact) mass is 428 g/mol. The van der Waals surface area contributed by atoms with E-state index in [2.05, 4.69) is 11.1 Å². The Bertz CT molecular complexity index is 1180. The van der Waals surface area contributed by atoms with Crippen molar-refractivity contribution in [3.8, 4) is 11.5 Å². The van der Waals surface area contributed by atoms with Crippen LogP contribution in [0.3, 0.4) is 0 Å². The molecule has 32 heavy (non-hydrogen) atoms. The molecule has 0 bridgehead atoms. The molecule has 1 N–H and O–H groups in total. The lowest BCUT2D eigenvalue weighted by Crippen LogP contribution is -2.38. The van der Waals surface area contributed by atoms with E-state index >= 15 is 0 Å². The molecule has 0 aliphatic rings. The number of rotatable bonds is 8. The Labute approximate surface area is 188 Å². The Morgan fingerprint density at radius 1 is 0.969 bits per heavy atom. The summed E-state index contributed by atoms with van der Waals surface area (Å²) in [5, 5.41) is 1.10. The number of benzene rings is 3. The second kappa shape index (κ2) is 9.60. The minimum Gasteiger partial charge on any atom is -0.497 e. The topological polar surface area (TPSA) is 54.6 Å². The van der Waals surface area contributed by atoms with Crippen LogP contribution < -0.4 is 9.47 Å². The molecule has 3 aromatic carbocycles. The van der Waals surface area contributed by atoms with Gasteiger partial charge in [-0.1, -0.05) is 48.0 Å². The van der Waals surface area contributed by atoms with Crippen molar-refractivity contribution < 1.29 is 14.3 Å². The lowest BCUT2D eigenvalue weighted by Gasteiger charge is -2.31. The Balaban J connectivity index is 1.68. The van der Waals surface area contributed by atoms with Gasteiger partial charge in [0.2, 0.25) is 0 Å². The summed E-state index contributed by atoms with van der Waals surface area (Å²) >= 11 is 0. The summed E-state index contributed by atoms with van der Waals surface area (Å²) in [6.07, 6.45) is 2.00. The summed E-state index contributed by atoms with van der Waals surface area (Å²) in [6, 6.07) is 23.5. The number of likely N-dealkylation sites (N-methyl/N-ethyl adjacent to an activating group) is 1. The van der Waals surface area contributed by atoms with Gasteiger partial charge in [0.15, 0.2) is 6.61 Å². The molecule has 5 heteroatoms. The van der Waals surface area contributed by atoms with Crippen LogP contribution in [0.2, 0.25) is 0 Å². The molecule has 0 fully saturated rings. The van der Waals surface area contributed by atoms with Gasteiger partial charge in [0.25, 0.3) is 5.91 Å². The fourth-order valence-electron chi connectivity index (χ4n) is 4.00. The lowest BCUT2D eigenvalue weighted by atomic mass is 9.96. The fraction of sp³-hybridized carbons (Fsp3) is 0.222. The zero-order valence-corrected chi connectivity index (χ0v) is 18.7. The molecule has 1 heterocycles. The fourth-order valence-corrected chi connectivity index (χ4v) is 4.00. The van der Waals surface area contributed by atoms with Crippen molar-refractivity contribution >= 4 is 16.8 Å². The zero-order chi connectivity index (χ0) is 22.5. The van der Waals surface area contributed by atoms with Crippen LogP contribution in [0.4, 0.5) is 0 Å². The van der Waals surface area contributed by atoms with E-state index in [0.29, 0.717) is 12.3 Å². The zero-order valence-electron chi connectivity index (χ0n) is 18.7. The van der Waals surface area contributed by atoms with Gasteiger partial charge in [-0.25, -0.2) is 0 Å². The summed E-state index contributed by atoms with van der Waals surface area (Å²) in [5.74, 6) is 1.40. The van der Waals surface area contributed by atoms with Gasteiger partial charge in [-0.2, -0.15) is 0 Å². The van der Waals surface area contributed by atoms with E-state index in [0.717, 1.165) is 33.3 Å². The molecule has 4 aromatic rings. The number of nitrogens with one attached hydrogen (secondary N) is 1. The number of fused-ring (bicyclic) bond motifs is 1. The molecule has 0 aliphatic carbocycles. The first-order valence-electron chi connectivity index (χ1n) is 10.8. The number of aromatic nitrogens is 1. The van der Waals surface area contributed by atoms with Crippen molar-refractivity contribution in [3.05, 3.63) is 95.7 Å². The van der Waals surface area contributed by atoms with E-state index in [1.165, 1.54) is 0 Å². The molecule has 164 valence electrons. The second-order valence-electron chi connectivity index (χ2n) is 7.75. The van der Waals surface area contributed by atoms with E-state index in [1.54, 1.807) is 7.11 Å². The van der Waals surface area contributed by atoms with E-state index in [-0.39, 0.29) is 18.6 Å². The van der Waals surface area contributed by atoms with Crippen LogP contribution in [0.1, 0.15) is 29.7 Å². The molecule has 0 aliphatic heterocycles. The molecule has 1 aromatic heterocycles. The lowest BCUT2D eigenvalue weighted by molar-refractivity contribution is -0.134. The number of ether oxygens (including phenoxy) is 2. The largest absolute Gasteiger partial charge is 0.497 e. The second-order valence-corrected chi connectivity index (χ2v) is 7.75. The normalized spacial score (nSPS) is 11.8. The van der Waals surface area contributed by atoms with E-state index in [9.17, 15) is 4.79 Å². The van der Waals surface area contributed by atoms with Crippen molar-refractivity contribution in [1.82, 2.24) is 9.88 Å². The quantitative estimate of drug-likeness (QED) is 0.403. The maximum Gasteiger partial charge on any atom is 0.261 e. The van der Waals surface area contributed by atoms with E-state index in [1.807, 2.05) is 91.7 Å². The third-order valence-corrected chi connectivity index (χ3v) is 5.70. The number of nitrogens with zero attached hydrogens (tertiary/aromatic N) is 1. The molecule has 0 saturated carbocycles. The average molecular weight is 429 g/mol. The molecule has 0 saturated heterocycles. The van der Waals surface area contributed by atoms with E-state index in [4.69, 9.17) is 9.47 Å². The maximum absolute atomic E-state index is 13.3. The van der Waals surface area contributed by atoms with Crippen molar-refractivity contribution in [3.63, 3.8) is 0 Å². The summed E-state index contributed by atoms with van der Waals surface area (Å²) in [5.41, 5.74) is 4.26. The third kappa shape index (κ3) is 4.47. The SMILES string of the molecule is CCN(C(=O)COc1ccc(C)cc1)C(c1ccc(OC)cc1)c1c[nH]c2ccccc12. The minimum atomic E-state index is -0.254. The summed E-state index contributed by atoms with van der Waals surface area (Å²) < 4.78 is 11.1. The third-order valence-electron chi connectivity index (χ3n) is 5.70. The number of carbonyl (C=O) groups excluding carboxylic acids is 1.